The largest absolute Gasteiger partial charge is 0.313 e. The number of rotatable bonds is 8. The Balaban J connectivity index is 1.80. The van der Waals surface area contributed by atoms with E-state index in [0.29, 0.717) is 0 Å². The quantitative estimate of drug-likeness (QED) is 0.710. The Bertz CT molecular complexity index is 564. The normalized spacial score (nSPS) is 11.4. The Morgan fingerprint density at radius 1 is 1.00 bits per heavy atom. The molecule has 0 amide bonds. The zero-order chi connectivity index (χ0) is 15.1. The van der Waals surface area contributed by atoms with Crippen molar-refractivity contribution in [2.45, 2.75) is 26.8 Å². The van der Waals surface area contributed by atoms with Crippen LogP contribution in [-0.4, -0.2) is 31.1 Å². The average Bonchev–Trinajstić information content (AvgIpc) is 2.51. The minimum Gasteiger partial charge on any atom is -0.313 e. The van der Waals surface area contributed by atoms with Crippen molar-refractivity contribution in [1.82, 2.24) is 10.2 Å². The van der Waals surface area contributed by atoms with Gasteiger partial charge in [0.05, 0.1) is 0 Å². The van der Waals surface area contributed by atoms with Crippen molar-refractivity contribution >= 4 is 26.7 Å². The molecule has 0 saturated carbocycles. The van der Waals surface area contributed by atoms with Gasteiger partial charge in [-0.15, -0.1) is 0 Å². The van der Waals surface area contributed by atoms with Gasteiger partial charge in [-0.3, -0.25) is 0 Å². The van der Waals surface area contributed by atoms with Crippen molar-refractivity contribution in [3.63, 3.8) is 0 Å². The molecule has 0 saturated heterocycles. The van der Waals surface area contributed by atoms with E-state index in [0.717, 1.165) is 30.7 Å². The maximum Gasteiger partial charge on any atom is 0.0205 e. The second-order valence-corrected chi connectivity index (χ2v) is 6.30. The molecule has 0 fully saturated rings. The highest BCUT2D eigenvalue weighted by atomic mass is 79.9. The minimum atomic E-state index is 0.949. The molecule has 0 atom stereocenters. The molecular weight excluding hydrogens is 324 g/mol. The average molecular weight is 349 g/mol. The first-order valence-electron chi connectivity index (χ1n) is 7.84. The molecule has 21 heavy (non-hydrogen) atoms. The van der Waals surface area contributed by atoms with Gasteiger partial charge in [0.25, 0.3) is 0 Å². The van der Waals surface area contributed by atoms with Crippen LogP contribution in [0, 0.1) is 0 Å². The molecule has 2 aromatic rings. The zero-order valence-corrected chi connectivity index (χ0v) is 14.6. The number of nitrogens with one attached hydrogen (secondary N) is 1. The van der Waals surface area contributed by atoms with Crippen LogP contribution in [0.25, 0.3) is 10.8 Å². The highest BCUT2D eigenvalue weighted by molar-refractivity contribution is 9.10. The highest BCUT2D eigenvalue weighted by Gasteiger charge is 2.00. The summed E-state index contributed by atoms with van der Waals surface area (Å²) in [7, 11) is 0. The molecule has 2 nitrogen and oxygen atoms in total. The summed E-state index contributed by atoms with van der Waals surface area (Å²) in [5.74, 6) is 0. The van der Waals surface area contributed by atoms with Crippen LogP contribution in [0.1, 0.15) is 25.8 Å². The van der Waals surface area contributed by atoms with E-state index in [1.165, 1.54) is 29.3 Å². The number of hydrogen-bond donors (Lipinski definition) is 1. The fourth-order valence-electron chi connectivity index (χ4n) is 2.58. The van der Waals surface area contributed by atoms with Gasteiger partial charge in [-0.25, -0.2) is 0 Å². The number of fused-ring (bicyclic) bond motifs is 1. The Hall–Kier alpha value is -0.900. The number of benzene rings is 2. The Kier molecular flexibility index (Phi) is 6.68. The maximum atomic E-state index is 3.55. The molecule has 0 bridgehead atoms. The zero-order valence-electron chi connectivity index (χ0n) is 13.0. The minimum absolute atomic E-state index is 0.949. The molecule has 0 unspecified atom stereocenters. The fraction of sp³-hybridized carbons (Fsp3) is 0.444. The third-order valence-corrected chi connectivity index (χ3v) is 4.41. The van der Waals surface area contributed by atoms with Crippen molar-refractivity contribution < 1.29 is 0 Å². The van der Waals surface area contributed by atoms with Crippen molar-refractivity contribution in [1.29, 1.82) is 0 Å². The Morgan fingerprint density at radius 2 is 1.71 bits per heavy atom. The third kappa shape index (κ3) is 5.10. The highest BCUT2D eigenvalue weighted by Crippen LogP contribution is 2.20. The van der Waals surface area contributed by atoms with Gasteiger partial charge < -0.3 is 10.2 Å². The molecule has 0 spiro atoms. The van der Waals surface area contributed by atoms with E-state index >= 15 is 0 Å². The summed E-state index contributed by atoms with van der Waals surface area (Å²) in [6, 6.07) is 13.1. The summed E-state index contributed by atoms with van der Waals surface area (Å²) in [5.41, 5.74) is 1.35. The van der Waals surface area contributed by atoms with Crippen LogP contribution in [-0.2, 0) is 6.54 Å². The Labute approximate surface area is 136 Å². The van der Waals surface area contributed by atoms with Crippen LogP contribution in [0.4, 0.5) is 0 Å². The van der Waals surface area contributed by atoms with E-state index in [9.17, 15) is 0 Å². The summed E-state index contributed by atoms with van der Waals surface area (Å²) < 4.78 is 1.14. The van der Waals surface area contributed by atoms with Gasteiger partial charge in [-0.1, -0.05) is 48.0 Å². The van der Waals surface area contributed by atoms with E-state index < -0.39 is 0 Å². The fourth-order valence-corrected chi connectivity index (χ4v) is 2.96. The summed E-state index contributed by atoms with van der Waals surface area (Å²) >= 11 is 3.52. The molecule has 2 rings (SSSR count). The van der Waals surface area contributed by atoms with E-state index in [4.69, 9.17) is 0 Å². The van der Waals surface area contributed by atoms with E-state index in [2.05, 4.69) is 76.4 Å². The van der Waals surface area contributed by atoms with Crippen molar-refractivity contribution in [2.75, 3.05) is 26.2 Å². The standard InChI is InChI=1S/C18H25BrN2/c1-3-21(4-2)11-5-10-20-14-15-6-7-17-13-18(19)9-8-16(17)12-15/h6-9,12-13,20H,3-5,10-11,14H2,1-2H3. The smallest absolute Gasteiger partial charge is 0.0205 e. The molecule has 0 aliphatic rings. The van der Waals surface area contributed by atoms with Gasteiger partial charge in [0, 0.05) is 11.0 Å². The summed E-state index contributed by atoms with van der Waals surface area (Å²) in [4.78, 5) is 2.47. The van der Waals surface area contributed by atoms with Gasteiger partial charge in [0.1, 0.15) is 0 Å². The lowest BCUT2D eigenvalue weighted by Crippen LogP contribution is -2.27. The van der Waals surface area contributed by atoms with Crippen LogP contribution in [0.2, 0.25) is 0 Å². The van der Waals surface area contributed by atoms with Gasteiger partial charge >= 0.3 is 0 Å². The van der Waals surface area contributed by atoms with E-state index in [1.807, 2.05) is 0 Å². The predicted octanol–water partition coefficient (Wildman–Crippen LogP) is 4.42. The molecule has 0 heterocycles. The molecule has 0 radical (unpaired) electrons. The van der Waals surface area contributed by atoms with Gasteiger partial charge in [0.15, 0.2) is 0 Å². The predicted molar refractivity (Wildman–Crippen MR) is 95.8 cm³/mol. The molecule has 2 aromatic carbocycles. The lowest BCUT2D eigenvalue weighted by Gasteiger charge is -2.17. The van der Waals surface area contributed by atoms with E-state index in [-0.39, 0.29) is 0 Å². The third-order valence-electron chi connectivity index (χ3n) is 3.92. The van der Waals surface area contributed by atoms with Crippen LogP contribution in [0.5, 0.6) is 0 Å². The van der Waals surface area contributed by atoms with Gasteiger partial charge in [-0.05, 0) is 67.1 Å². The van der Waals surface area contributed by atoms with Crippen LogP contribution < -0.4 is 5.32 Å². The Morgan fingerprint density at radius 3 is 2.48 bits per heavy atom. The second-order valence-electron chi connectivity index (χ2n) is 5.38. The second kappa shape index (κ2) is 8.52. The van der Waals surface area contributed by atoms with Crippen molar-refractivity contribution in [2.24, 2.45) is 0 Å². The van der Waals surface area contributed by atoms with Gasteiger partial charge in [0.2, 0.25) is 0 Å². The van der Waals surface area contributed by atoms with Crippen molar-refractivity contribution in [3.05, 3.63) is 46.4 Å². The molecule has 1 N–H and O–H groups in total. The summed E-state index contributed by atoms with van der Waals surface area (Å²) in [6.45, 7) is 9.97. The first kappa shape index (κ1) is 16.5. The number of halogens is 1. The van der Waals surface area contributed by atoms with Crippen LogP contribution in [0.3, 0.4) is 0 Å². The number of nitrogens with zero attached hydrogens (tertiary/aromatic N) is 1. The SMILES string of the molecule is CCN(CC)CCCNCc1ccc2cc(Br)ccc2c1. The molecule has 3 heteroatoms. The summed E-state index contributed by atoms with van der Waals surface area (Å²) in [5, 5.41) is 6.14. The van der Waals surface area contributed by atoms with Crippen LogP contribution >= 0.6 is 15.9 Å². The first-order valence-corrected chi connectivity index (χ1v) is 8.63. The molecular formula is C18H25BrN2. The molecule has 0 aromatic heterocycles. The summed E-state index contributed by atoms with van der Waals surface area (Å²) in [6.07, 6.45) is 1.21. The topological polar surface area (TPSA) is 15.3 Å². The first-order chi connectivity index (χ1) is 10.2. The van der Waals surface area contributed by atoms with Crippen molar-refractivity contribution in [3.8, 4) is 0 Å². The molecule has 0 aliphatic heterocycles. The molecule has 0 aliphatic carbocycles. The van der Waals surface area contributed by atoms with Crippen LogP contribution in [0.15, 0.2) is 40.9 Å². The molecule has 114 valence electrons. The van der Waals surface area contributed by atoms with Gasteiger partial charge in [-0.2, -0.15) is 0 Å². The monoisotopic (exact) mass is 348 g/mol. The lowest BCUT2D eigenvalue weighted by atomic mass is 10.1. The number of hydrogen-bond acceptors (Lipinski definition) is 2. The lowest BCUT2D eigenvalue weighted by molar-refractivity contribution is 0.298. The van der Waals surface area contributed by atoms with E-state index in [1.54, 1.807) is 0 Å². The maximum absolute atomic E-state index is 3.55.